The van der Waals surface area contributed by atoms with E-state index >= 15 is 0 Å². The first-order valence-electron chi connectivity index (χ1n) is 6.64. The molecule has 5 nitrogen and oxygen atoms in total. The predicted molar refractivity (Wildman–Crippen MR) is 69.2 cm³/mol. The lowest BCUT2D eigenvalue weighted by Crippen LogP contribution is -2.44. The van der Waals surface area contributed by atoms with Crippen LogP contribution in [0.25, 0.3) is 0 Å². The van der Waals surface area contributed by atoms with E-state index in [0.29, 0.717) is 12.6 Å². The van der Waals surface area contributed by atoms with Crippen molar-refractivity contribution in [2.24, 2.45) is 0 Å². The van der Waals surface area contributed by atoms with Gasteiger partial charge in [0.15, 0.2) is 0 Å². The standard InChI is InChI=1S/C13H24N2O3/c1-4-18-13(17)6-5-12(16)15-9-7-11(8-10-15)14(2)3/h11H,4-10H2,1-3H3. The number of hydrogen-bond acceptors (Lipinski definition) is 4. The average molecular weight is 256 g/mol. The molecule has 0 aromatic carbocycles. The number of carbonyl (C=O) groups is 2. The van der Waals surface area contributed by atoms with Crippen LogP contribution in [-0.2, 0) is 14.3 Å². The Hall–Kier alpha value is -1.10. The Morgan fingerprint density at radius 1 is 1.22 bits per heavy atom. The van der Waals surface area contributed by atoms with Gasteiger partial charge in [0.2, 0.25) is 5.91 Å². The highest BCUT2D eigenvalue weighted by Gasteiger charge is 2.23. The minimum absolute atomic E-state index is 0.0697. The van der Waals surface area contributed by atoms with Crippen molar-refractivity contribution in [1.82, 2.24) is 9.80 Å². The lowest BCUT2D eigenvalue weighted by molar-refractivity contribution is -0.146. The number of likely N-dealkylation sites (tertiary alicyclic amines) is 1. The molecule has 0 aromatic rings. The Morgan fingerprint density at radius 2 is 1.83 bits per heavy atom. The second-order valence-electron chi connectivity index (χ2n) is 4.88. The average Bonchev–Trinajstić information content (AvgIpc) is 2.36. The van der Waals surface area contributed by atoms with Gasteiger partial charge in [0.05, 0.1) is 13.0 Å². The highest BCUT2D eigenvalue weighted by Crippen LogP contribution is 2.15. The number of piperidine rings is 1. The first-order chi connectivity index (χ1) is 8.54. The van der Waals surface area contributed by atoms with Crippen LogP contribution in [0.5, 0.6) is 0 Å². The number of esters is 1. The topological polar surface area (TPSA) is 49.9 Å². The number of rotatable bonds is 5. The molecule has 0 unspecified atom stereocenters. The third-order valence-corrected chi connectivity index (χ3v) is 3.40. The van der Waals surface area contributed by atoms with E-state index in [0.717, 1.165) is 25.9 Å². The van der Waals surface area contributed by atoms with E-state index in [9.17, 15) is 9.59 Å². The summed E-state index contributed by atoms with van der Waals surface area (Å²) in [7, 11) is 4.14. The number of ether oxygens (including phenoxy) is 1. The van der Waals surface area contributed by atoms with Crippen molar-refractivity contribution < 1.29 is 14.3 Å². The summed E-state index contributed by atoms with van der Waals surface area (Å²) in [6.45, 7) is 3.74. The van der Waals surface area contributed by atoms with Gasteiger partial charge < -0.3 is 14.5 Å². The Balaban J connectivity index is 2.26. The summed E-state index contributed by atoms with van der Waals surface area (Å²) >= 11 is 0. The maximum absolute atomic E-state index is 11.9. The second kappa shape index (κ2) is 7.36. The van der Waals surface area contributed by atoms with Gasteiger partial charge >= 0.3 is 5.97 Å². The van der Waals surface area contributed by atoms with Crippen molar-refractivity contribution >= 4 is 11.9 Å². The van der Waals surface area contributed by atoms with Crippen LogP contribution in [0.2, 0.25) is 0 Å². The summed E-state index contributed by atoms with van der Waals surface area (Å²) in [4.78, 5) is 27.1. The highest BCUT2D eigenvalue weighted by atomic mass is 16.5. The van der Waals surface area contributed by atoms with Crippen molar-refractivity contribution in [3.8, 4) is 0 Å². The molecule has 0 spiro atoms. The molecule has 5 heteroatoms. The molecule has 1 rings (SSSR count). The first-order valence-corrected chi connectivity index (χ1v) is 6.64. The number of carbonyl (C=O) groups excluding carboxylic acids is 2. The van der Waals surface area contributed by atoms with Gasteiger partial charge in [0.1, 0.15) is 0 Å². The van der Waals surface area contributed by atoms with Crippen LogP contribution in [0.1, 0.15) is 32.6 Å². The molecular formula is C13H24N2O3. The molecule has 1 fully saturated rings. The van der Waals surface area contributed by atoms with Crippen LogP contribution in [0, 0.1) is 0 Å². The monoisotopic (exact) mass is 256 g/mol. The number of nitrogens with zero attached hydrogens (tertiary/aromatic N) is 2. The molecule has 18 heavy (non-hydrogen) atoms. The molecule has 1 saturated heterocycles. The largest absolute Gasteiger partial charge is 0.466 e. The van der Waals surface area contributed by atoms with Crippen molar-refractivity contribution in [2.45, 2.75) is 38.6 Å². The summed E-state index contributed by atoms with van der Waals surface area (Å²) < 4.78 is 4.81. The van der Waals surface area contributed by atoms with Gasteiger partial charge in [-0.15, -0.1) is 0 Å². The van der Waals surface area contributed by atoms with E-state index in [-0.39, 0.29) is 24.7 Å². The quantitative estimate of drug-likeness (QED) is 0.685. The zero-order chi connectivity index (χ0) is 13.5. The van der Waals surface area contributed by atoms with E-state index in [1.54, 1.807) is 6.92 Å². The van der Waals surface area contributed by atoms with Gasteiger partial charge in [-0.2, -0.15) is 0 Å². The molecule has 0 bridgehead atoms. The summed E-state index contributed by atoms with van der Waals surface area (Å²) in [5.74, 6) is -0.214. The van der Waals surface area contributed by atoms with Crippen molar-refractivity contribution in [1.29, 1.82) is 0 Å². The fourth-order valence-electron chi connectivity index (χ4n) is 2.23. The molecule has 0 aromatic heterocycles. The van der Waals surface area contributed by atoms with E-state index in [2.05, 4.69) is 19.0 Å². The third-order valence-electron chi connectivity index (χ3n) is 3.40. The molecule has 0 aliphatic carbocycles. The van der Waals surface area contributed by atoms with Crippen molar-refractivity contribution in [3.05, 3.63) is 0 Å². The van der Waals surface area contributed by atoms with Crippen molar-refractivity contribution in [3.63, 3.8) is 0 Å². The van der Waals surface area contributed by atoms with E-state index < -0.39 is 0 Å². The van der Waals surface area contributed by atoms with Crippen LogP contribution < -0.4 is 0 Å². The summed E-state index contributed by atoms with van der Waals surface area (Å²) in [6.07, 6.45) is 2.49. The zero-order valence-corrected chi connectivity index (χ0v) is 11.6. The number of hydrogen-bond donors (Lipinski definition) is 0. The van der Waals surface area contributed by atoms with E-state index in [1.807, 2.05) is 4.90 Å². The maximum atomic E-state index is 11.9. The van der Waals surface area contributed by atoms with Gasteiger partial charge in [-0.1, -0.05) is 0 Å². The minimum atomic E-state index is -0.283. The molecule has 1 heterocycles. The fourth-order valence-corrected chi connectivity index (χ4v) is 2.23. The second-order valence-corrected chi connectivity index (χ2v) is 4.88. The molecule has 0 radical (unpaired) electrons. The van der Waals surface area contributed by atoms with Crippen LogP contribution in [0.15, 0.2) is 0 Å². The SMILES string of the molecule is CCOC(=O)CCC(=O)N1CCC(N(C)C)CC1. The minimum Gasteiger partial charge on any atom is -0.466 e. The Bertz CT molecular complexity index is 284. The van der Waals surface area contributed by atoms with Gasteiger partial charge in [-0.3, -0.25) is 9.59 Å². The van der Waals surface area contributed by atoms with Crippen LogP contribution >= 0.6 is 0 Å². The lowest BCUT2D eigenvalue weighted by Gasteiger charge is -2.35. The fraction of sp³-hybridized carbons (Fsp3) is 0.846. The molecule has 0 atom stereocenters. The summed E-state index contributed by atoms with van der Waals surface area (Å²) in [5, 5.41) is 0. The smallest absolute Gasteiger partial charge is 0.306 e. The van der Waals surface area contributed by atoms with Crippen LogP contribution in [-0.4, -0.2) is 61.5 Å². The van der Waals surface area contributed by atoms with Crippen molar-refractivity contribution in [2.75, 3.05) is 33.8 Å². The van der Waals surface area contributed by atoms with E-state index in [4.69, 9.17) is 4.74 Å². The molecule has 0 N–H and O–H groups in total. The normalized spacial score (nSPS) is 17.0. The van der Waals surface area contributed by atoms with Crippen LogP contribution in [0.4, 0.5) is 0 Å². The van der Waals surface area contributed by atoms with Gasteiger partial charge in [0, 0.05) is 25.6 Å². The first kappa shape index (κ1) is 15.0. The predicted octanol–water partition coefficient (Wildman–Crippen LogP) is 0.882. The van der Waals surface area contributed by atoms with Crippen LogP contribution in [0.3, 0.4) is 0 Å². The molecule has 1 aliphatic heterocycles. The lowest BCUT2D eigenvalue weighted by atomic mass is 10.0. The molecule has 104 valence electrons. The zero-order valence-electron chi connectivity index (χ0n) is 11.6. The summed E-state index contributed by atoms with van der Waals surface area (Å²) in [5.41, 5.74) is 0. The molecule has 1 amide bonds. The van der Waals surface area contributed by atoms with Gasteiger partial charge in [-0.05, 0) is 33.9 Å². The maximum Gasteiger partial charge on any atom is 0.306 e. The van der Waals surface area contributed by atoms with E-state index in [1.165, 1.54) is 0 Å². The highest BCUT2D eigenvalue weighted by molar-refractivity contribution is 5.81. The molecular weight excluding hydrogens is 232 g/mol. The molecule has 1 aliphatic rings. The number of amides is 1. The Morgan fingerprint density at radius 3 is 2.33 bits per heavy atom. The summed E-state index contributed by atoms with van der Waals surface area (Å²) in [6, 6.07) is 0.569. The molecule has 0 saturated carbocycles. The third kappa shape index (κ3) is 4.64. The van der Waals surface area contributed by atoms with Gasteiger partial charge in [-0.25, -0.2) is 0 Å². The Kier molecular flexibility index (Phi) is 6.12. The Labute approximate surface area is 109 Å². The van der Waals surface area contributed by atoms with Gasteiger partial charge in [0.25, 0.3) is 0 Å².